The third-order valence-electron chi connectivity index (χ3n) is 4.13. The van der Waals surface area contributed by atoms with E-state index in [1.54, 1.807) is 30.4 Å². The summed E-state index contributed by atoms with van der Waals surface area (Å²) in [5.74, 6) is -1.82. The molecule has 0 aromatic heterocycles. The van der Waals surface area contributed by atoms with E-state index in [0.717, 1.165) is 0 Å². The molecule has 1 fully saturated rings. The largest absolute Gasteiger partial charge is 0.481 e. The van der Waals surface area contributed by atoms with Crippen LogP contribution in [0, 0.1) is 11.8 Å². The van der Waals surface area contributed by atoms with E-state index in [4.69, 9.17) is 14.2 Å². The van der Waals surface area contributed by atoms with Crippen LogP contribution in [-0.4, -0.2) is 36.0 Å². The van der Waals surface area contributed by atoms with Crippen molar-refractivity contribution in [1.82, 2.24) is 0 Å². The van der Waals surface area contributed by atoms with E-state index in [1.165, 1.54) is 0 Å². The van der Waals surface area contributed by atoms with Crippen LogP contribution in [0.2, 0.25) is 0 Å². The molecule has 114 valence electrons. The van der Waals surface area contributed by atoms with Crippen molar-refractivity contribution < 1.29 is 28.9 Å². The third kappa shape index (κ3) is 1.93. The predicted molar refractivity (Wildman–Crippen MR) is 73.6 cm³/mol. The van der Waals surface area contributed by atoms with E-state index in [0.29, 0.717) is 17.2 Å². The number of carbonyl (C=O) groups is 2. The van der Waals surface area contributed by atoms with Gasteiger partial charge in [-0.3, -0.25) is 9.59 Å². The number of amides is 1. The zero-order valence-corrected chi connectivity index (χ0v) is 11.4. The molecule has 0 spiro atoms. The Hall–Kier alpha value is -2.54. The summed E-state index contributed by atoms with van der Waals surface area (Å²) in [5, 5.41) is 12.0. The van der Waals surface area contributed by atoms with E-state index in [-0.39, 0.29) is 12.7 Å². The number of carbonyl (C=O) groups excluding carboxylic acids is 1. The molecule has 0 saturated carbocycles. The smallest absolute Gasteiger partial charge is 0.310 e. The van der Waals surface area contributed by atoms with Gasteiger partial charge < -0.3 is 24.6 Å². The first kappa shape index (κ1) is 13.1. The summed E-state index contributed by atoms with van der Waals surface area (Å²) >= 11 is 0. The second-order valence-electron chi connectivity index (χ2n) is 5.40. The van der Waals surface area contributed by atoms with Crippen molar-refractivity contribution in [3.63, 3.8) is 0 Å². The SMILES string of the molecule is O=C(O)[C@@H]1[C@H](C(=O)Nc2ccc3c(c2)OCO3)[C@@H]2C=C[C@H]1O2. The maximum atomic E-state index is 12.5. The molecule has 22 heavy (non-hydrogen) atoms. The Kier molecular flexibility index (Phi) is 2.83. The summed E-state index contributed by atoms with van der Waals surface area (Å²) in [5.41, 5.74) is 0.533. The predicted octanol–water partition coefficient (Wildman–Crippen LogP) is 1.01. The lowest BCUT2D eigenvalue weighted by Crippen LogP contribution is -2.39. The topological polar surface area (TPSA) is 94.1 Å². The monoisotopic (exact) mass is 303 g/mol. The highest BCUT2D eigenvalue weighted by atomic mass is 16.7. The van der Waals surface area contributed by atoms with Crippen LogP contribution in [0.4, 0.5) is 5.69 Å². The van der Waals surface area contributed by atoms with Gasteiger partial charge in [-0.1, -0.05) is 12.2 Å². The zero-order valence-electron chi connectivity index (χ0n) is 11.4. The van der Waals surface area contributed by atoms with Crippen LogP contribution in [0.1, 0.15) is 0 Å². The Bertz CT molecular complexity index is 685. The van der Waals surface area contributed by atoms with Crippen LogP contribution in [0.3, 0.4) is 0 Å². The minimum Gasteiger partial charge on any atom is -0.481 e. The van der Waals surface area contributed by atoms with Gasteiger partial charge in [-0.2, -0.15) is 0 Å². The van der Waals surface area contributed by atoms with Crippen LogP contribution in [0.25, 0.3) is 0 Å². The quantitative estimate of drug-likeness (QED) is 0.809. The fourth-order valence-electron chi connectivity index (χ4n) is 3.11. The molecule has 3 heterocycles. The molecule has 1 aromatic rings. The molecule has 1 aromatic carbocycles. The minimum atomic E-state index is -1.03. The molecule has 2 bridgehead atoms. The Morgan fingerprint density at radius 1 is 1.09 bits per heavy atom. The van der Waals surface area contributed by atoms with Gasteiger partial charge in [0.1, 0.15) is 5.92 Å². The maximum absolute atomic E-state index is 12.5. The van der Waals surface area contributed by atoms with Gasteiger partial charge in [-0.05, 0) is 12.1 Å². The van der Waals surface area contributed by atoms with Gasteiger partial charge in [0.2, 0.25) is 12.7 Å². The first-order valence-corrected chi connectivity index (χ1v) is 6.90. The summed E-state index contributed by atoms with van der Waals surface area (Å²) < 4.78 is 16.0. The van der Waals surface area contributed by atoms with Gasteiger partial charge >= 0.3 is 5.97 Å². The van der Waals surface area contributed by atoms with E-state index in [2.05, 4.69) is 5.32 Å². The molecular weight excluding hydrogens is 290 g/mol. The fraction of sp³-hybridized carbons (Fsp3) is 0.333. The number of rotatable bonds is 3. The maximum Gasteiger partial charge on any atom is 0.310 e. The highest BCUT2D eigenvalue weighted by Crippen LogP contribution is 2.40. The Balaban J connectivity index is 1.55. The number of carboxylic acid groups (broad SMARTS) is 1. The van der Waals surface area contributed by atoms with Crippen molar-refractivity contribution in [2.24, 2.45) is 11.8 Å². The van der Waals surface area contributed by atoms with Crippen molar-refractivity contribution in [1.29, 1.82) is 0 Å². The number of carboxylic acids is 1. The number of hydrogen-bond donors (Lipinski definition) is 2. The normalized spacial score (nSPS) is 30.5. The number of aliphatic carboxylic acids is 1. The zero-order chi connectivity index (χ0) is 15.3. The average molecular weight is 303 g/mol. The number of anilines is 1. The molecule has 7 nitrogen and oxygen atoms in total. The first-order chi connectivity index (χ1) is 10.6. The Labute approximate surface area is 125 Å². The average Bonchev–Trinajstić information content (AvgIpc) is 3.20. The second kappa shape index (κ2) is 4.74. The van der Waals surface area contributed by atoms with Gasteiger partial charge in [-0.15, -0.1) is 0 Å². The lowest BCUT2D eigenvalue weighted by atomic mass is 9.82. The van der Waals surface area contributed by atoms with E-state index in [1.807, 2.05) is 0 Å². The molecule has 4 rings (SSSR count). The molecule has 0 aliphatic carbocycles. The van der Waals surface area contributed by atoms with Crippen LogP contribution >= 0.6 is 0 Å². The highest BCUT2D eigenvalue weighted by molar-refractivity contribution is 5.97. The lowest BCUT2D eigenvalue weighted by molar-refractivity contribution is -0.145. The number of hydrogen-bond acceptors (Lipinski definition) is 5. The standard InChI is InChI=1S/C15H13NO6/c17-14(12-9-3-4-10(22-9)13(12)15(18)19)16-7-1-2-8-11(5-7)21-6-20-8/h1-5,9-10,12-13H,6H2,(H,16,17)(H,18,19)/t9-,10+,12+,13-/m0/s1. The summed E-state index contributed by atoms with van der Waals surface area (Å²) in [6, 6.07) is 5.04. The van der Waals surface area contributed by atoms with Gasteiger partial charge in [0.25, 0.3) is 0 Å². The first-order valence-electron chi connectivity index (χ1n) is 6.90. The molecule has 4 atom stereocenters. The molecule has 1 amide bonds. The molecule has 7 heteroatoms. The van der Waals surface area contributed by atoms with Crippen molar-refractivity contribution in [3.05, 3.63) is 30.4 Å². The van der Waals surface area contributed by atoms with E-state index >= 15 is 0 Å². The number of fused-ring (bicyclic) bond motifs is 3. The molecule has 2 N–H and O–H groups in total. The molecular formula is C15H13NO6. The van der Waals surface area contributed by atoms with Crippen LogP contribution in [0.5, 0.6) is 11.5 Å². The van der Waals surface area contributed by atoms with Crippen molar-refractivity contribution in [3.8, 4) is 11.5 Å². The second-order valence-corrected chi connectivity index (χ2v) is 5.40. The fourth-order valence-corrected chi connectivity index (χ4v) is 3.11. The lowest BCUT2D eigenvalue weighted by Gasteiger charge is -2.21. The Morgan fingerprint density at radius 3 is 2.59 bits per heavy atom. The summed E-state index contributed by atoms with van der Waals surface area (Å²) in [6.45, 7) is 0.152. The Morgan fingerprint density at radius 2 is 1.82 bits per heavy atom. The summed E-state index contributed by atoms with van der Waals surface area (Å²) in [4.78, 5) is 23.8. The van der Waals surface area contributed by atoms with Crippen LogP contribution in [-0.2, 0) is 14.3 Å². The van der Waals surface area contributed by atoms with Crippen LogP contribution in [0.15, 0.2) is 30.4 Å². The molecule has 0 radical (unpaired) electrons. The van der Waals surface area contributed by atoms with Crippen molar-refractivity contribution >= 4 is 17.6 Å². The molecule has 3 aliphatic heterocycles. The van der Waals surface area contributed by atoms with Crippen molar-refractivity contribution in [2.45, 2.75) is 12.2 Å². The summed E-state index contributed by atoms with van der Waals surface area (Å²) in [6.07, 6.45) is 2.43. The van der Waals surface area contributed by atoms with E-state index in [9.17, 15) is 14.7 Å². The van der Waals surface area contributed by atoms with Gasteiger partial charge in [-0.25, -0.2) is 0 Å². The minimum absolute atomic E-state index is 0.152. The van der Waals surface area contributed by atoms with Gasteiger partial charge in [0.15, 0.2) is 11.5 Å². The number of nitrogens with one attached hydrogen (secondary N) is 1. The van der Waals surface area contributed by atoms with Gasteiger partial charge in [0.05, 0.1) is 18.1 Å². The van der Waals surface area contributed by atoms with Crippen LogP contribution < -0.4 is 14.8 Å². The van der Waals surface area contributed by atoms with Crippen molar-refractivity contribution in [2.75, 3.05) is 12.1 Å². The number of benzene rings is 1. The summed E-state index contributed by atoms with van der Waals surface area (Å²) in [7, 11) is 0. The highest BCUT2D eigenvalue weighted by Gasteiger charge is 2.53. The van der Waals surface area contributed by atoms with E-state index < -0.39 is 30.0 Å². The molecule has 0 unspecified atom stereocenters. The third-order valence-corrected chi connectivity index (χ3v) is 4.13. The molecule has 1 saturated heterocycles. The number of ether oxygens (including phenoxy) is 3. The molecule has 3 aliphatic rings. The van der Waals surface area contributed by atoms with Gasteiger partial charge in [0, 0.05) is 11.8 Å².